The average Bonchev–Trinajstić information content (AvgIpc) is 3.12. The van der Waals surface area contributed by atoms with Crippen molar-refractivity contribution in [2.45, 2.75) is 58.7 Å². The lowest BCUT2D eigenvalue weighted by Gasteiger charge is -2.25. The van der Waals surface area contributed by atoms with Crippen molar-refractivity contribution in [3.8, 4) is 0 Å². The highest BCUT2D eigenvalue weighted by Crippen LogP contribution is 2.37. The molecular formula is C22H28N4O2. The van der Waals surface area contributed by atoms with Crippen molar-refractivity contribution in [3.05, 3.63) is 61.4 Å². The highest BCUT2D eigenvalue weighted by atomic mass is 16.2. The monoisotopic (exact) mass is 380 g/mol. The molecule has 1 aromatic carbocycles. The van der Waals surface area contributed by atoms with Crippen LogP contribution in [0.25, 0.3) is 0 Å². The molecule has 1 saturated heterocycles. The van der Waals surface area contributed by atoms with Crippen LogP contribution in [0.3, 0.4) is 0 Å². The summed E-state index contributed by atoms with van der Waals surface area (Å²) < 4.78 is 3.12. The van der Waals surface area contributed by atoms with E-state index >= 15 is 0 Å². The molecule has 5 rings (SSSR count). The van der Waals surface area contributed by atoms with E-state index in [4.69, 9.17) is 0 Å². The molecule has 0 radical (unpaired) electrons. The Morgan fingerprint density at radius 2 is 1.75 bits per heavy atom. The van der Waals surface area contributed by atoms with Gasteiger partial charge in [0.2, 0.25) is 0 Å². The Kier molecular flexibility index (Phi) is 4.27. The summed E-state index contributed by atoms with van der Waals surface area (Å²) in [5.74, 6) is 1.98. The van der Waals surface area contributed by atoms with Crippen LogP contribution in [0, 0.1) is 25.7 Å². The van der Waals surface area contributed by atoms with Crippen LogP contribution in [0.5, 0.6) is 0 Å². The average molecular weight is 380 g/mol. The minimum atomic E-state index is -0.442. The van der Waals surface area contributed by atoms with Gasteiger partial charge < -0.3 is 0 Å². The second kappa shape index (κ2) is 6.69. The number of benzene rings is 1. The van der Waals surface area contributed by atoms with Gasteiger partial charge in [0.05, 0.1) is 0 Å². The predicted octanol–water partition coefficient (Wildman–Crippen LogP) is 2.05. The minimum Gasteiger partial charge on any atom is -0.298 e. The molecule has 148 valence electrons. The molecule has 3 aliphatic rings. The first-order chi connectivity index (χ1) is 13.5. The van der Waals surface area contributed by atoms with Crippen molar-refractivity contribution in [2.75, 3.05) is 13.1 Å². The van der Waals surface area contributed by atoms with Gasteiger partial charge in [-0.2, -0.15) is 5.10 Å². The molecule has 1 saturated carbocycles. The second-order valence-corrected chi connectivity index (χ2v) is 9.11. The molecular weight excluding hydrogens is 352 g/mol. The van der Waals surface area contributed by atoms with Gasteiger partial charge in [-0.1, -0.05) is 35.7 Å². The maximum atomic E-state index is 12.6. The summed E-state index contributed by atoms with van der Waals surface area (Å²) in [6.07, 6.45) is 3.51. The van der Waals surface area contributed by atoms with Gasteiger partial charge in [0.15, 0.2) is 0 Å². The van der Waals surface area contributed by atoms with Crippen LogP contribution in [0.15, 0.2) is 27.8 Å². The van der Waals surface area contributed by atoms with E-state index in [0.717, 1.165) is 38.3 Å². The van der Waals surface area contributed by atoms with Gasteiger partial charge in [0.25, 0.3) is 0 Å². The third-order valence-corrected chi connectivity index (χ3v) is 6.77. The fourth-order valence-electron chi connectivity index (χ4n) is 5.27. The molecule has 1 aromatic heterocycles. The molecule has 2 atom stereocenters. The standard InChI is InChI=1S/C22H28N4O2/c1-14-6-15(2)8-17(7-14)9-24-11-18-12-25-20(19(18)13-24)23-26(22(28)21(25)27)10-16-4-3-5-16/h6-8,16,18-19H,3-5,9-13H2,1-2H3/t18-,19-/m0/s1. The zero-order valence-electron chi connectivity index (χ0n) is 16.7. The summed E-state index contributed by atoms with van der Waals surface area (Å²) in [7, 11) is 0. The molecule has 0 amide bonds. The van der Waals surface area contributed by atoms with E-state index in [1.807, 2.05) is 0 Å². The lowest BCUT2D eigenvalue weighted by atomic mass is 9.85. The van der Waals surface area contributed by atoms with E-state index in [-0.39, 0.29) is 11.5 Å². The summed E-state index contributed by atoms with van der Waals surface area (Å²) in [5.41, 5.74) is 3.13. The molecule has 6 nitrogen and oxygen atoms in total. The van der Waals surface area contributed by atoms with Crippen LogP contribution in [-0.2, 0) is 19.6 Å². The van der Waals surface area contributed by atoms with Crippen molar-refractivity contribution >= 4 is 0 Å². The zero-order valence-corrected chi connectivity index (χ0v) is 16.7. The number of nitrogens with zero attached hydrogens (tertiary/aromatic N) is 4. The maximum Gasteiger partial charge on any atom is 0.332 e. The Morgan fingerprint density at radius 1 is 1.00 bits per heavy atom. The highest BCUT2D eigenvalue weighted by Gasteiger charge is 2.42. The number of hydrogen-bond acceptors (Lipinski definition) is 4. The molecule has 0 unspecified atom stereocenters. The first-order valence-electron chi connectivity index (χ1n) is 10.5. The first-order valence-corrected chi connectivity index (χ1v) is 10.5. The van der Waals surface area contributed by atoms with E-state index < -0.39 is 5.56 Å². The second-order valence-electron chi connectivity index (χ2n) is 9.11. The third kappa shape index (κ3) is 3.04. The fraction of sp³-hybridized carbons (Fsp3) is 0.591. The molecule has 2 fully saturated rings. The Labute approximate surface area is 164 Å². The predicted molar refractivity (Wildman–Crippen MR) is 108 cm³/mol. The van der Waals surface area contributed by atoms with Gasteiger partial charge >= 0.3 is 11.1 Å². The Balaban J connectivity index is 1.38. The molecule has 1 aliphatic carbocycles. The quantitative estimate of drug-likeness (QED) is 0.762. The number of aromatic nitrogens is 3. The molecule has 0 spiro atoms. The van der Waals surface area contributed by atoms with E-state index in [9.17, 15) is 9.59 Å². The number of fused-ring (bicyclic) bond motifs is 3. The van der Waals surface area contributed by atoms with Crippen molar-refractivity contribution < 1.29 is 0 Å². The van der Waals surface area contributed by atoms with E-state index in [1.54, 1.807) is 4.57 Å². The first kappa shape index (κ1) is 17.9. The van der Waals surface area contributed by atoms with Crippen LogP contribution in [0.1, 0.15) is 47.7 Å². The SMILES string of the molecule is Cc1cc(C)cc(CN2C[C@H]3Cn4c(nn(CC5CCC5)c(=O)c4=O)[C@H]3C2)c1. The van der Waals surface area contributed by atoms with Crippen molar-refractivity contribution in [1.82, 2.24) is 19.2 Å². The summed E-state index contributed by atoms with van der Waals surface area (Å²) in [5, 5.41) is 4.69. The van der Waals surface area contributed by atoms with Crippen molar-refractivity contribution in [1.29, 1.82) is 0 Å². The van der Waals surface area contributed by atoms with Gasteiger partial charge in [-0.15, -0.1) is 0 Å². The summed E-state index contributed by atoms with van der Waals surface area (Å²) in [6, 6.07) is 6.72. The normalized spacial score (nSPS) is 24.2. The Bertz CT molecular complexity index is 1010. The molecule has 28 heavy (non-hydrogen) atoms. The number of likely N-dealkylation sites (tertiary alicyclic amines) is 1. The van der Waals surface area contributed by atoms with Gasteiger partial charge in [-0.3, -0.25) is 19.1 Å². The molecule has 6 heteroatoms. The van der Waals surface area contributed by atoms with Crippen LogP contribution >= 0.6 is 0 Å². The molecule has 0 N–H and O–H groups in total. The number of hydrogen-bond donors (Lipinski definition) is 0. The Hall–Kier alpha value is -2.21. The molecule has 2 aliphatic heterocycles. The van der Waals surface area contributed by atoms with Crippen LogP contribution in [0.4, 0.5) is 0 Å². The van der Waals surface area contributed by atoms with E-state index in [1.165, 1.54) is 27.8 Å². The van der Waals surface area contributed by atoms with Gasteiger partial charge in [-0.25, -0.2) is 4.68 Å². The smallest absolute Gasteiger partial charge is 0.298 e. The highest BCUT2D eigenvalue weighted by molar-refractivity contribution is 5.28. The number of aryl methyl sites for hydroxylation is 2. The lowest BCUT2D eigenvalue weighted by molar-refractivity contribution is 0.256. The van der Waals surface area contributed by atoms with Crippen molar-refractivity contribution in [3.63, 3.8) is 0 Å². The maximum absolute atomic E-state index is 12.6. The zero-order chi connectivity index (χ0) is 19.4. The van der Waals surface area contributed by atoms with E-state index in [2.05, 4.69) is 42.0 Å². The summed E-state index contributed by atoms with van der Waals surface area (Å²) >= 11 is 0. The number of rotatable bonds is 4. The fourth-order valence-corrected chi connectivity index (χ4v) is 5.27. The van der Waals surface area contributed by atoms with Gasteiger partial charge in [0, 0.05) is 44.6 Å². The van der Waals surface area contributed by atoms with Crippen LogP contribution in [-0.4, -0.2) is 32.3 Å². The van der Waals surface area contributed by atoms with Gasteiger partial charge in [-0.05, 0) is 38.2 Å². The van der Waals surface area contributed by atoms with Crippen LogP contribution in [0.2, 0.25) is 0 Å². The molecule has 3 heterocycles. The topological polar surface area (TPSA) is 60.1 Å². The lowest BCUT2D eigenvalue weighted by Crippen LogP contribution is -2.45. The van der Waals surface area contributed by atoms with Crippen LogP contribution < -0.4 is 11.1 Å². The van der Waals surface area contributed by atoms with Gasteiger partial charge in [0.1, 0.15) is 5.82 Å². The largest absolute Gasteiger partial charge is 0.332 e. The van der Waals surface area contributed by atoms with Crippen molar-refractivity contribution in [2.24, 2.45) is 11.8 Å². The van der Waals surface area contributed by atoms with E-state index in [0.29, 0.717) is 24.9 Å². The summed E-state index contributed by atoms with van der Waals surface area (Å²) in [4.78, 5) is 27.5. The third-order valence-electron chi connectivity index (χ3n) is 6.77. The molecule has 0 bridgehead atoms. The summed E-state index contributed by atoms with van der Waals surface area (Å²) in [6.45, 7) is 8.32. The molecule has 2 aromatic rings. The minimum absolute atomic E-state index is 0.256. The Morgan fingerprint density at radius 3 is 2.43 bits per heavy atom.